The summed E-state index contributed by atoms with van der Waals surface area (Å²) < 4.78 is 39.8. The molecule has 5 nitrogen and oxygen atoms in total. The van der Waals surface area contributed by atoms with Crippen LogP contribution < -0.4 is 5.69 Å². The minimum atomic E-state index is -4.39. The maximum absolute atomic E-state index is 12.7. The Balaban J connectivity index is 1.42. The molecule has 1 N–H and O–H groups in total. The summed E-state index contributed by atoms with van der Waals surface area (Å²) >= 11 is 0. The normalized spacial score (nSPS) is 15.7. The van der Waals surface area contributed by atoms with Crippen molar-refractivity contribution in [3.8, 4) is 0 Å². The topological polar surface area (TPSA) is 58.1 Å². The summed E-state index contributed by atoms with van der Waals surface area (Å²) in [5.41, 5.74) is 2.41. The Hall–Kier alpha value is -3.03. The summed E-state index contributed by atoms with van der Waals surface area (Å²) in [6.45, 7) is 2.99. The van der Waals surface area contributed by atoms with Crippen LogP contribution in [-0.2, 0) is 17.4 Å². The van der Waals surface area contributed by atoms with E-state index < -0.39 is 11.7 Å². The van der Waals surface area contributed by atoms with Crippen LogP contribution in [0.3, 0.4) is 0 Å². The molecule has 1 amide bonds. The van der Waals surface area contributed by atoms with Crippen molar-refractivity contribution in [2.45, 2.75) is 38.4 Å². The van der Waals surface area contributed by atoms with Gasteiger partial charge in [0.15, 0.2) is 0 Å². The number of hydrogen-bond donors (Lipinski definition) is 1. The molecular formula is C22H22F3N3O2. The second-order valence-corrected chi connectivity index (χ2v) is 7.75. The summed E-state index contributed by atoms with van der Waals surface area (Å²) in [6, 6.07) is 10.4. The maximum Gasteiger partial charge on any atom is 0.416 e. The number of carbonyl (C=O) groups excluding carboxylic acids is 1. The molecule has 3 aromatic rings. The fraction of sp³-hybridized carbons (Fsp3) is 0.364. The van der Waals surface area contributed by atoms with Gasteiger partial charge in [0.2, 0.25) is 5.91 Å². The quantitative estimate of drug-likeness (QED) is 0.699. The highest BCUT2D eigenvalue weighted by molar-refractivity contribution is 5.80. The van der Waals surface area contributed by atoms with E-state index in [4.69, 9.17) is 0 Å². The molecule has 30 heavy (non-hydrogen) atoms. The van der Waals surface area contributed by atoms with E-state index in [1.807, 2.05) is 25.1 Å². The SMILES string of the molecule is Cc1cccc2[nH]c(=O)n(C3CCN(C(=O)Cc4ccc(C(F)(F)F)cc4)CC3)c12. The van der Waals surface area contributed by atoms with Crippen LogP contribution in [0.15, 0.2) is 47.3 Å². The number of amides is 1. The van der Waals surface area contributed by atoms with E-state index in [-0.39, 0.29) is 24.1 Å². The molecule has 0 saturated carbocycles. The van der Waals surface area contributed by atoms with Gasteiger partial charge in [-0.2, -0.15) is 13.2 Å². The van der Waals surface area contributed by atoms with Crippen molar-refractivity contribution in [2.75, 3.05) is 13.1 Å². The highest BCUT2D eigenvalue weighted by Gasteiger charge is 2.30. The number of likely N-dealkylation sites (tertiary alicyclic amines) is 1. The summed E-state index contributed by atoms with van der Waals surface area (Å²) in [5, 5.41) is 0. The molecule has 1 aliphatic rings. The second-order valence-electron chi connectivity index (χ2n) is 7.75. The number of nitrogens with zero attached hydrogens (tertiary/aromatic N) is 2. The first-order valence-electron chi connectivity index (χ1n) is 9.88. The fourth-order valence-electron chi connectivity index (χ4n) is 4.18. The van der Waals surface area contributed by atoms with Crippen LogP contribution in [-0.4, -0.2) is 33.4 Å². The standard InChI is InChI=1S/C22H22F3N3O2/c1-14-3-2-4-18-20(14)28(21(30)26-18)17-9-11-27(12-10-17)19(29)13-15-5-7-16(8-6-15)22(23,24)25/h2-8,17H,9-13H2,1H3,(H,26,30). The third-order valence-electron chi connectivity index (χ3n) is 5.76. The van der Waals surface area contributed by atoms with Gasteiger partial charge < -0.3 is 9.88 Å². The summed E-state index contributed by atoms with van der Waals surface area (Å²) in [6.07, 6.45) is -3.02. The lowest BCUT2D eigenvalue weighted by atomic mass is 10.0. The van der Waals surface area contributed by atoms with E-state index in [9.17, 15) is 22.8 Å². The molecule has 0 aliphatic carbocycles. The predicted octanol–water partition coefficient (Wildman–Crippen LogP) is 4.06. The number of rotatable bonds is 3. The lowest BCUT2D eigenvalue weighted by Crippen LogP contribution is -2.41. The number of para-hydroxylation sites is 1. The van der Waals surface area contributed by atoms with Crippen LogP contribution in [0.25, 0.3) is 11.0 Å². The van der Waals surface area contributed by atoms with Crippen molar-refractivity contribution in [1.29, 1.82) is 0 Å². The molecule has 158 valence electrons. The van der Waals surface area contributed by atoms with Crippen molar-refractivity contribution in [3.05, 3.63) is 69.6 Å². The minimum absolute atomic E-state index is 0.00229. The molecule has 0 spiro atoms. The molecule has 2 aromatic carbocycles. The van der Waals surface area contributed by atoms with Gasteiger partial charge in [0, 0.05) is 19.1 Å². The summed E-state index contributed by atoms with van der Waals surface area (Å²) in [5.74, 6) is -0.115. The van der Waals surface area contributed by atoms with Gasteiger partial charge in [0.1, 0.15) is 0 Å². The minimum Gasteiger partial charge on any atom is -0.342 e. The average Bonchev–Trinajstić information content (AvgIpc) is 3.05. The van der Waals surface area contributed by atoms with E-state index in [0.717, 1.165) is 28.7 Å². The van der Waals surface area contributed by atoms with Gasteiger partial charge in [-0.25, -0.2) is 4.79 Å². The summed E-state index contributed by atoms with van der Waals surface area (Å²) in [4.78, 5) is 29.7. The van der Waals surface area contributed by atoms with Gasteiger partial charge in [-0.15, -0.1) is 0 Å². The number of carbonyl (C=O) groups is 1. The number of nitrogens with one attached hydrogen (secondary N) is 1. The molecule has 8 heteroatoms. The molecule has 1 aromatic heterocycles. The van der Waals surface area contributed by atoms with Crippen molar-refractivity contribution in [2.24, 2.45) is 0 Å². The summed E-state index contributed by atoms with van der Waals surface area (Å²) in [7, 11) is 0. The van der Waals surface area contributed by atoms with E-state index >= 15 is 0 Å². The first-order valence-corrected chi connectivity index (χ1v) is 9.88. The van der Waals surface area contributed by atoms with E-state index in [1.165, 1.54) is 12.1 Å². The predicted molar refractivity (Wildman–Crippen MR) is 107 cm³/mol. The zero-order valence-electron chi connectivity index (χ0n) is 16.5. The second kappa shape index (κ2) is 7.66. The molecule has 1 saturated heterocycles. The number of alkyl halides is 3. The van der Waals surface area contributed by atoms with Crippen LogP contribution in [0.1, 0.15) is 35.6 Å². The van der Waals surface area contributed by atoms with Gasteiger partial charge in [-0.3, -0.25) is 9.36 Å². The number of piperidine rings is 1. The molecular weight excluding hydrogens is 395 g/mol. The monoisotopic (exact) mass is 417 g/mol. The fourth-order valence-corrected chi connectivity index (χ4v) is 4.18. The van der Waals surface area contributed by atoms with Crippen LogP contribution in [0, 0.1) is 6.92 Å². The third kappa shape index (κ3) is 3.86. The zero-order chi connectivity index (χ0) is 21.5. The van der Waals surface area contributed by atoms with Crippen LogP contribution in [0.5, 0.6) is 0 Å². The first kappa shape index (κ1) is 20.3. The van der Waals surface area contributed by atoms with Gasteiger partial charge in [-0.05, 0) is 49.1 Å². The molecule has 1 aliphatic heterocycles. The molecule has 0 atom stereocenters. The Morgan fingerprint density at radius 2 is 1.77 bits per heavy atom. The van der Waals surface area contributed by atoms with Crippen LogP contribution in [0.4, 0.5) is 13.2 Å². The lowest BCUT2D eigenvalue weighted by molar-refractivity contribution is -0.137. The largest absolute Gasteiger partial charge is 0.416 e. The van der Waals surface area contributed by atoms with E-state index in [1.54, 1.807) is 9.47 Å². The Bertz CT molecular complexity index is 1120. The Labute approximate surface area is 171 Å². The highest BCUT2D eigenvalue weighted by atomic mass is 19.4. The van der Waals surface area contributed by atoms with Crippen LogP contribution >= 0.6 is 0 Å². The van der Waals surface area contributed by atoms with Gasteiger partial charge in [0.05, 0.1) is 23.0 Å². The third-order valence-corrected chi connectivity index (χ3v) is 5.76. The van der Waals surface area contributed by atoms with Gasteiger partial charge >= 0.3 is 11.9 Å². The van der Waals surface area contributed by atoms with E-state index in [2.05, 4.69) is 4.98 Å². The van der Waals surface area contributed by atoms with Gasteiger partial charge in [-0.1, -0.05) is 24.3 Å². The average molecular weight is 417 g/mol. The number of aryl methyl sites for hydroxylation is 1. The van der Waals surface area contributed by atoms with Crippen LogP contribution in [0.2, 0.25) is 0 Å². The maximum atomic E-state index is 12.7. The number of benzene rings is 2. The number of aromatic nitrogens is 2. The molecule has 4 rings (SSSR count). The smallest absolute Gasteiger partial charge is 0.342 e. The molecule has 0 unspecified atom stereocenters. The Morgan fingerprint density at radius 3 is 2.40 bits per heavy atom. The Morgan fingerprint density at radius 1 is 1.10 bits per heavy atom. The number of fused-ring (bicyclic) bond motifs is 1. The molecule has 1 fully saturated rings. The number of aromatic amines is 1. The zero-order valence-corrected chi connectivity index (χ0v) is 16.5. The number of halogens is 3. The van der Waals surface area contributed by atoms with Crippen molar-refractivity contribution in [3.63, 3.8) is 0 Å². The molecule has 0 bridgehead atoms. The highest BCUT2D eigenvalue weighted by Crippen LogP contribution is 2.30. The van der Waals surface area contributed by atoms with Gasteiger partial charge in [0.25, 0.3) is 0 Å². The Kier molecular flexibility index (Phi) is 5.17. The lowest BCUT2D eigenvalue weighted by Gasteiger charge is -2.32. The number of imidazole rings is 1. The molecule has 0 radical (unpaired) electrons. The number of H-pyrrole nitrogens is 1. The van der Waals surface area contributed by atoms with Crippen molar-refractivity contribution < 1.29 is 18.0 Å². The van der Waals surface area contributed by atoms with Crippen molar-refractivity contribution in [1.82, 2.24) is 14.5 Å². The first-order chi connectivity index (χ1) is 14.2. The van der Waals surface area contributed by atoms with Crippen molar-refractivity contribution >= 4 is 16.9 Å². The number of hydrogen-bond acceptors (Lipinski definition) is 2. The van der Waals surface area contributed by atoms with E-state index in [0.29, 0.717) is 31.5 Å². The molecule has 2 heterocycles.